The van der Waals surface area contributed by atoms with Gasteiger partial charge in [-0.3, -0.25) is 9.35 Å². The molecular formula is C23H41NO15S. The summed E-state index contributed by atoms with van der Waals surface area (Å²) in [6.45, 7) is 7.52. The smallest absolute Gasteiger partial charge is 0.398 e. The molecule has 2 heterocycles. The highest BCUT2D eigenvalue weighted by atomic mass is 32.3. The van der Waals surface area contributed by atoms with Crippen LogP contribution < -0.4 is 5.32 Å². The molecule has 0 radical (unpaired) electrons. The Labute approximate surface area is 232 Å². The van der Waals surface area contributed by atoms with Gasteiger partial charge in [0, 0.05) is 20.5 Å². The van der Waals surface area contributed by atoms with Crippen molar-refractivity contribution in [3.05, 3.63) is 0 Å². The number of nitrogens with one attached hydrogen (secondary N) is 1. The molecule has 0 aliphatic carbocycles. The highest BCUT2D eigenvalue weighted by molar-refractivity contribution is 7.80. The molecule has 2 aliphatic heterocycles. The van der Waals surface area contributed by atoms with E-state index in [9.17, 15) is 43.0 Å². The van der Waals surface area contributed by atoms with Crippen LogP contribution in [0.3, 0.4) is 0 Å². The molecule has 9 atom stereocenters. The van der Waals surface area contributed by atoms with E-state index >= 15 is 0 Å². The summed E-state index contributed by atoms with van der Waals surface area (Å²) >= 11 is 0. The summed E-state index contributed by atoms with van der Waals surface area (Å²) < 4.78 is 66.4. The number of rotatable bonds is 11. The lowest BCUT2D eigenvalue weighted by atomic mass is 9.80. The van der Waals surface area contributed by atoms with E-state index in [1.54, 1.807) is 34.6 Å². The third kappa shape index (κ3) is 8.51. The van der Waals surface area contributed by atoms with Gasteiger partial charge in [0.1, 0.15) is 36.1 Å². The van der Waals surface area contributed by atoms with Crippen molar-refractivity contribution < 1.29 is 70.9 Å². The fourth-order valence-electron chi connectivity index (χ4n) is 4.78. The summed E-state index contributed by atoms with van der Waals surface area (Å²) in [5, 5.41) is 43.8. The Hall–Kier alpha value is -1.51. The van der Waals surface area contributed by atoms with Crippen LogP contribution in [0.15, 0.2) is 0 Å². The first-order valence-electron chi connectivity index (χ1n) is 12.5. The number of methoxy groups -OCH3 is 1. The van der Waals surface area contributed by atoms with Crippen molar-refractivity contribution in [2.75, 3.05) is 20.3 Å². The number of carboxylic acid groups (broad SMARTS) is 1. The maximum atomic E-state index is 12.0. The van der Waals surface area contributed by atoms with Crippen LogP contribution in [0.4, 0.5) is 0 Å². The molecule has 0 aromatic rings. The van der Waals surface area contributed by atoms with Crippen LogP contribution in [0.2, 0.25) is 0 Å². The van der Waals surface area contributed by atoms with Gasteiger partial charge in [0.15, 0.2) is 12.4 Å². The molecule has 2 rings (SSSR count). The number of aliphatic hydroxyl groups excluding tert-OH is 3. The second-order valence-electron chi connectivity index (χ2n) is 11.4. The monoisotopic (exact) mass is 603 g/mol. The molecule has 2 aliphatic rings. The third-order valence-corrected chi connectivity index (χ3v) is 7.18. The molecule has 17 heteroatoms. The Morgan fingerprint density at radius 1 is 1.10 bits per heavy atom. The third-order valence-electron chi connectivity index (χ3n) is 6.64. The Bertz CT molecular complexity index is 999. The number of amides is 1. The first kappa shape index (κ1) is 34.7. The summed E-state index contributed by atoms with van der Waals surface area (Å²) in [7, 11) is -3.87. The lowest BCUT2D eigenvalue weighted by molar-refractivity contribution is -0.323. The van der Waals surface area contributed by atoms with E-state index in [0.717, 1.165) is 0 Å². The van der Waals surface area contributed by atoms with Gasteiger partial charge in [0.25, 0.3) is 0 Å². The molecule has 6 unspecified atom stereocenters. The molecular weight excluding hydrogens is 562 g/mol. The fourth-order valence-corrected chi connectivity index (χ4v) is 5.42. The number of ether oxygens (including phenoxy) is 5. The van der Waals surface area contributed by atoms with Gasteiger partial charge < -0.3 is 49.4 Å². The Balaban J connectivity index is 2.45. The number of hydrogen-bond donors (Lipinski definition) is 6. The van der Waals surface area contributed by atoms with Crippen molar-refractivity contribution in [2.45, 2.75) is 114 Å². The molecule has 2 saturated heterocycles. The first-order valence-corrected chi connectivity index (χ1v) is 13.8. The van der Waals surface area contributed by atoms with E-state index < -0.39 is 108 Å². The zero-order chi connectivity index (χ0) is 30.8. The molecule has 0 saturated carbocycles. The van der Waals surface area contributed by atoms with E-state index in [1.807, 2.05) is 0 Å². The van der Waals surface area contributed by atoms with Crippen molar-refractivity contribution in [1.29, 1.82) is 0 Å². The van der Waals surface area contributed by atoms with E-state index in [0.29, 0.717) is 0 Å². The summed E-state index contributed by atoms with van der Waals surface area (Å²) in [5.74, 6) is -2.07. The highest BCUT2D eigenvalue weighted by Crippen LogP contribution is 2.39. The van der Waals surface area contributed by atoms with Gasteiger partial charge >= 0.3 is 16.4 Å². The first-order chi connectivity index (χ1) is 18.2. The fraction of sp³-hybridized carbons (Fsp3) is 0.913. The number of hydrogen-bond acceptors (Lipinski definition) is 13. The summed E-state index contributed by atoms with van der Waals surface area (Å²) in [6, 6.07) is -1.01. The minimum absolute atomic E-state index is 0.432. The largest absolute Gasteiger partial charge is 0.479 e. The number of aliphatic hydroxyl groups is 3. The van der Waals surface area contributed by atoms with E-state index in [1.165, 1.54) is 14.0 Å². The summed E-state index contributed by atoms with van der Waals surface area (Å²) in [4.78, 5) is 23.9. The zero-order valence-corrected chi connectivity index (χ0v) is 24.3. The van der Waals surface area contributed by atoms with E-state index in [4.69, 9.17) is 27.9 Å². The second kappa shape index (κ2) is 12.8. The van der Waals surface area contributed by atoms with Crippen molar-refractivity contribution in [3.8, 4) is 0 Å². The van der Waals surface area contributed by atoms with Gasteiger partial charge in [0.05, 0.1) is 30.5 Å². The van der Waals surface area contributed by atoms with Crippen LogP contribution in [0, 0.1) is 0 Å². The summed E-state index contributed by atoms with van der Waals surface area (Å²) in [5.41, 5.74) is -4.24. The number of carbonyl (C=O) groups excluding carboxylic acids is 1. The zero-order valence-electron chi connectivity index (χ0n) is 23.5. The van der Waals surface area contributed by atoms with Crippen molar-refractivity contribution in [2.24, 2.45) is 0 Å². The molecule has 40 heavy (non-hydrogen) atoms. The lowest BCUT2D eigenvalue weighted by Gasteiger charge is -2.51. The molecule has 0 spiro atoms. The minimum atomic E-state index is -5.25. The van der Waals surface area contributed by atoms with Crippen LogP contribution in [-0.2, 0) is 47.9 Å². The van der Waals surface area contributed by atoms with Crippen molar-refractivity contribution in [3.63, 3.8) is 0 Å². The molecule has 234 valence electrons. The number of carbonyl (C=O) groups is 2. The second-order valence-corrected chi connectivity index (χ2v) is 12.4. The van der Waals surface area contributed by atoms with Gasteiger partial charge in [-0.15, -0.1) is 0 Å². The minimum Gasteiger partial charge on any atom is -0.479 e. The maximum Gasteiger partial charge on any atom is 0.398 e. The standard InChI is InChI=1S/C23H41NO15S/c1-11(26)24-12-8-23(39-40(31,32)33,13(9-25)36-18(12)22(5,6)34-7)10-35-20-15(28)14(27)16(38-21(2,3)4)17(37-20)19(29)30/h12-18,20,25,27-28H,8-10H2,1-7H3,(H,24,26)(H,29,30)(H,31,32,33)/t12?,13?,14?,15?,16-,17?,18+,20+,23?/m0/s1. The van der Waals surface area contributed by atoms with Crippen LogP contribution >= 0.6 is 0 Å². The topological polar surface area (TPSA) is 237 Å². The lowest BCUT2D eigenvalue weighted by Crippen LogP contribution is -2.69. The van der Waals surface area contributed by atoms with E-state index in [-0.39, 0.29) is 0 Å². The normalized spacial score (nSPS) is 35.8. The SMILES string of the molecule is COC(C)(C)[C@@H]1OC(CO)C(CO[C@@H]2OC(C(=O)O)[C@@H](OC(C)(C)C)C(O)C2O)(OS(=O)(=O)O)CC1NC(C)=O. The van der Waals surface area contributed by atoms with Crippen LogP contribution in [0.5, 0.6) is 0 Å². The van der Waals surface area contributed by atoms with Gasteiger partial charge in [-0.1, -0.05) is 0 Å². The number of aliphatic carboxylic acids is 1. The molecule has 2 fully saturated rings. The molecule has 0 bridgehead atoms. The van der Waals surface area contributed by atoms with Crippen molar-refractivity contribution >= 4 is 22.3 Å². The Kier molecular flexibility index (Phi) is 11.1. The molecule has 6 N–H and O–H groups in total. The van der Waals surface area contributed by atoms with Gasteiger partial charge in [0.2, 0.25) is 5.91 Å². The Morgan fingerprint density at radius 3 is 2.15 bits per heavy atom. The quantitative estimate of drug-likeness (QED) is 0.145. The molecule has 1 amide bonds. The highest BCUT2D eigenvalue weighted by Gasteiger charge is 2.57. The Morgan fingerprint density at radius 2 is 1.70 bits per heavy atom. The summed E-state index contributed by atoms with van der Waals surface area (Å²) in [6.07, 6.45) is -11.8. The van der Waals surface area contributed by atoms with Crippen LogP contribution in [0.1, 0.15) is 48.0 Å². The maximum absolute atomic E-state index is 12.0. The van der Waals surface area contributed by atoms with Crippen LogP contribution in [0.25, 0.3) is 0 Å². The van der Waals surface area contributed by atoms with Gasteiger partial charge in [-0.25, -0.2) is 8.98 Å². The van der Waals surface area contributed by atoms with E-state index in [2.05, 4.69) is 5.32 Å². The van der Waals surface area contributed by atoms with Gasteiger partial charge in [-0.2, -0.15) is 8.42 Å². The molecule has 0 aromatic carbocycles. The molecule has 16 nitrogen and oxygen atoms in total. The van der Waals surface area contributed by atoms with Crippen LogP contribution in [-0.4, -0.2) is 131 Å². The predicted molar refractivity (Wildman–Crippen MR) is 133 cm³/mol. The predicted octanol–water partition coefficient (Wildman–Crippen LogP) is -1.64. The average Bonchev–Trinajstić information content (AvgIpc) is 2.79. The number of carboxylic acids is 1. The van der Waals surface area contributed by atoms with Crippen molar-refractivity contribution in [1.82, 2.24) is 5.32 Å². The molecule has 0 aromatic heterocycles. The average molecular weight is 604 g/mol. The van der Waals surface area contributed by atoms with Gasteiger partial charge in [-0.05, 0) is 34.6 Å².